The molecule has 0 fully saturated rings. The zero-order chi connectivity index (χ0) is 9.97. The molecule has 2 heterocycles. The van der Waals surface area contributed by atoms with E-state index in [1.807, 2.05) is 7.05 Å². The Hall–Kier alpha value is -1.20. The van der Waals surface area contributed by atoms with Crippen LogP contribution >= 0.6 is 11.3 Å². The van der Waals surface area contributed by atoms with E-state index in [1.165, 1.54) is 10.4 Å². The SMILES string of the molecule is CNC(c1csc(C)c1)c1cn[nH]n1. The summed E-state index contributed by atoms with van der Waals surface area (Å²) in [5.74, 6) is 0. The van der Waals surface area contributed by atoms with Crippen LogP contribution in [0.4, 0.5) is 0 Å². The van der Waals surface area contributed by atoms with Crippen LogP contribution in [0.2, 0.25) is 0 Å². The highest BCUT2D eigenvalue weighted by molar-refractivity contribution is 7.10. The van der Waals surface area contributed by atoms with Gasteiger partial charge in [-0.2, -0.15) is 15.4 Å². The molecule has 0 aliphatic rings. The average Bonchev–Trinajstić information content (AvgIpc) is 2.79. The molecule has 4 nitrogen and oxygen atoms in total. The van der Waals surface area contributed by atoms with Gasteiger partial charge in [0, 0.05) is 4.88 Å². The number of aromatic nitrogens is 3. The third-order valence-corrected chi connectivity index (χ3v) is 2.98. The van der Waals surface area contributed by atoms with Gasteiger partial charge in [-0.05, 0) is 31.0 Å². The highest BCUT2D eigenvalue weighted by Gasteiger charge is 2.15. The lowest BCUT2D eigenvalue weighted by Gasteiger charge is -2.10. The summed E-state index contributed by atoms with van der Waals surface area (Å²) in [6.45, 7) is 2.10. The average molecular weight is 208 g/mol. The monoisotopic (exact) mass is 208 g/mol. The molecular weight excluding hydrogens is 196 g/mol. The van der Waals surface area contributed by atoms with Crippen molar-refractivity contribution in [3.63, 3.8) is 0 Å². The van der Waals surface area contributed by atoms with Crippen LogP contribution in [0.1, 0.15) is 22.2 Å². The molecule has 0 radical (unpaired) electrons. The van der Waals surface area contributed by atoms with Gasteiger partial charge in [0.1, 0.15) is 5.69 Å². The molecule has 5 heteroatoms. The van der Waals surface area contributed by atoms with E-state index in [2.05, 4.69) is 39.1 Å². The second-order valence-electron chi connectivity index (χ2n) is 3.11. The van der Waals surface area contributed by atoms with Crippen molar-refractivity contribution >= 4 is 11.3 Å². The molecule has 2 N–H and O–H groups in total. The fraction of sp³-hybridized carbons (Fsp3) is 0.333. The Morgan fingerprint density at radius 3 is 2.93 bits per heavy atom. The molecule has 0 amide bonds. The van der Waals surface area contributed by atoms with E-state index in [4.69, 9.17) is 0 Å². The first-order chi connectivity index (χ1) is 6.81. The Morgan fingerprint density at radius 2 is 2.43 bits per heavy atom. The van der Waals surface area contributed by atoms with Gasteiger partial charge in [-0.1, -0.05) is 0 Å². The van der Waals surface area contributed by atoms with Gasteiger partial charge in [0.05, 0.1) is 12.2 Å². The van der Waals surface area contributed by atoms with Gasteiger partial charge in [0.15, 0.2) is 0 Å². The molecular formula is C9H12N4S. The molecule has 0 aliphatic heterocycles. The summed E-state index contributed by atoms with van der Waals surface area (Å²) < 4.78 is 0. The van der Waals surface area contributed by atoms with Crippen LogP contribution in [-0.2, 0) is 0 Å². The quantitative estimate of drug-likeness (QED) is 0.803. The summed E-state index contributed by atoms with van der Waals surface area (Å²) in [7, 11) is 1.92. The van der Waals surface area contributed by atoms with Crippen molar-refractivity contribution in [1.82, 2.24) is 20.7 Å². The fourth-order valence-corrected chi connectivity index (χ4v) is 2.18. The predicted molar refractivity (Wildman–Crippen MR) is 56.3 cm³/mol. The van der Waals surface area contributed by atoms with Crippen molar-refractivity contribution in [2.24, 2.45) is 0 Å². The summed E-state index contributed by atoms with van der Waals surface area (Å²) >= 11 is 1.75. The lowest BCUT2D eigenvalue weighted by atomic mass is 10.1. The van der Waals surface area contributed by atoms with E-state index in [0.29, 0.717) is 0 Å². The molecule has 2 aromatic rings. The smallest absolute Gasteiger partial charge is 0.104 e. The number of hydrogen-bond donors (Lipinski definition) is 2. The van der Waals surface area contributed by atoms with Gasteiger partial charge in [-0.15, -0.1) is 11.3 Å². The number of H-pyrrole nitrogens is 1. The maximum absolute atomic E-state index is 4.08. The summed E-state index contributed by atoms with van der Waals surface area (Å²) in [6.07, 6.45) is 1.74. The Labute approximate surface area is 86.4 Å². The van der Waals surface area contributed by atoms with Gasteiger partial charge in [-0.3, -0.25) is 0 Å². The van der Waals surface area contributed by atoms with Crippen LogP contribution in [0, 0.1) is 6.92 Å². The third-order valence-electron chi connectivity index (χ3n) is 2.10. The van der Waals surface area contributed by atoms with Crippen LogP contribution in [0.25, 0.3) is 0 Å². The normalized spacial score (nSPS) is 13.0. The van der Waals surface area contributed by atoms with Gasteiger partial charge in [-0.25, -0.2) is 0 Å². The van der Waals surface area contributed by atoms with E-state index in [1.54, 1.807) is 17.5 Å². The van der Waals surface area contributed by atoms with Crippen molar-refractivity contribution in [3.05, 3.63) is 33.8 Å². The zero-order valence-corrected chi connectivity index (χ0v) is 8.93. The van der Waals surface area contributed by atoms with Gasteiger partial charge in [0.2, 0.25) is 0 Å². The summed E-state index contributed by atoms with van der Waals surface area (Å²) in [5, 5.41) is 15.9. The van der Waals surface area contributed by atoms with Crippen LogP contribution < -0.4 is 5.32 Å². The molecule has 1 unspecified atom stereocenters. The first-order valence-corrected chi connectivity index (χ1v) is 5.27. The molecule has 0 aromatic carbocycles. The highest BCUT2D eigenvalue weighted by Crippen LogP contribution is 2.23. The number of thiophene rings is 1. The Kier molecular flexibility index (Phi) is 2.60. The Morgan fingerprint density at radius 1 is 1.57 bits per heavy atom. The number of nitrogens with zero attached hydrogens (tertiary/aromatic N) is 2. The van der Waals surface area contributed by atoms with Crippen LogP contribution in [-0.4, -0.2) is 22.5 Å². The van der Waals surface area contributed by atoms with Crippen molar-refractivity contribution in [3.8, 4) is 0 Å². The minimum Gasteiger partial charge on any atom is -0.308 e. The number of hydrogen-bond acceptors (Lipinski definition) is 4. The predicted octanol–water partition coefficient (Wildman–Crippen LogP) is 1.48. The molecule has 2 aromatic heterocycles. The van der Waals surface area contributed by atoms with Crippen LogP contribution in [0.15, 0.2) is 17.6 Å². The minimum absolute atomic E-state index is 0.138. The lowest BCUT2D eigenvalue weighted by molar-refractivity contribution is 0.669. The van der Waals surface area contributed by atoms with E-state index >= 15 is 0 Å². The van der Waals surface area contributed by atoms with E-state index < -0.39 is 0 Å². The third kappa shape index (κ3) is 1.69. The molecule has 0 spiro atoms. The Bertz CT molecular complexity index is 393. The standard InChI is InChI=1S/C9H12N4S/c1-6-3-7(5-14-6)9(10-2)8-4-11-13-12-8/h3-5,9-10H,1-2H3,(H,11,12,13). The maximum Gasteiger partial charge on any atom is 0.104 e. The molecule has 2 rings (SSSR count). The van der Waals surface area contributed by atoms with Crippen LogP contribution in [0.3, 0.4) is 0 Å². The number of aromatic amines is 1. The molecule has 1 atom stereocenters. The van der Waals surface area contributed by atoms with Gasteiger partial charge < -0.3 is 5.32 Å². The molecule has 0 aliphatic carbocycles. The summed E-state index contributed by atoms with van der Waals surface area (Å²) in [5.41, 5.74) is 2.16. The van der Waals surface area contributed by atoms with Crippen molar-refractivity contribution < 1.29 is 0 Å². The number of nitrogens with one attached hydrogen (secondary N) is 2. The molecule has 0 saturated heterocycles. The number of rotatable bonds is 3. The topological polar surface area (TPSA) is 53.6 Å². The zero-order valence-electron chi connectivity index (χ0n) is 8.11. The van der Waals surface area contributed by atoms with E-state index in [0.717, 1.165) is 5.69 Å². The Balaban J connectivity index is 2.31. The molecule has 74 valence electrons. The van der Waals surface area contributed by atoms with E-state index in [9.17, 15) is 0 Å². The minimum atomic E-state index is 0.138. The van der Waals surface area contributed by atoms with Crippen molar-refractivity contribution in [2.45, 2.75) is 13.0 Å². The lowest BCUT2D eigenvalue weighted by Crippen LogP contribution is -2.17. The maximum atomic E-state index is 4.08. The highest BCUT2D eigenvalue weighted by atomic mass is 32.1. The molecule has 0 saturated carbocycles. The molecule has 14 heavy (non-hydrogen) atoms. The van der Waals surface area contributed by atoms with E-state index in [-0.39, 0.29) is 6.04 Å². The fourth-order valence-electron chi connectivity index (χ4n) is 1.45. The largest absolute Gasteiger partial charge is 0.308 e. The van der Waals surface area contributed by atoms with Crippen molar-refractivity contribution in [1.29, 1.82) is 0 Å². The van der Waals surface area contributed by atoms with Crippen LogP contribution in [0.5, 0.6) is 0 Å². The summed E-state index contributed by atoms with van der Waals surface area (Å²) in [6, 6.07) is 2.30. The second-order valence-corrected chi connectivity index (χ2v) is 4.22. The van der Waals surface area contributed by atoms with Gasteiger partial charge in [0.25, 0.3) is 0 Å². The van der Waals surface area contributed by atoms with Gasteiger partial charge >= 0.3 is 0 Å². The van der Waals surface area contributed by atoms with Crippen molar-refractivity contribution in [2.75, 3.05) is 7.05 Å². The number of aryl methyl sites for hydroxylation is 1. The summed E-state index contributed by atoms with van der Waals surface area (Å²) in [4.78, 5) is 1.31. The first-order valence-electron chi connectivity index (χ1n) is 4.39. The first kappa shape index (κ1) is 9.36. The molecule has 0 bridgehead atoms. The second kappa shape index (κ2) is 3.89.